The van der Waals surface area contributed by atoms with Crippen molar-refractivity contribution in [3.05, 3.63) is 50.9 Å². The van der Waals surface area contributed by atoms with Gasteiger partial charge in [0.1, 0.15) is 0 Å². The standard InChI is InChI=1S/C14H11Br2NO2/c15-10-1-3-11(4-2-10)17-7-9-5-13-14(6-12(9)16)19-8-18-13/h1-6,17H,7-8H2. The van der Waals surface area contributed by atoms with Crippen LogP contribution in [-0.2, 0) is 6.54 Å². The molecule has 0 radical (unpaired) electrons. The van der Waals surface area contributed by atoms with Crippen molar-refractivity contribution in [1.82, 2.24) is 0 Å². The van der Waals surface area contributed by atoms with E-state index in [2.05, 4.69) is 37.2 Å². The van der Waals surface area contributed by atoms with Crippen molar-refractivity contribution in [3.8, 4) is 11.5 Å². The van der Waals surface area contributed by atoms with E-state index in [1.165, 1.54) is 0 Å². The molecule has 5 heteroatoms. The monoisotopic (exact) mass is 383 g/mol. The average molecular weight is 385 g/mol. The Labute approximate surface area is 128 Å². The zero-order valence-electron chi connectivity index (χ0n) is 9.95. The van der Waals surface area contributed by atoms with Crippen LogP contribution in [0.3, 0.4) is 0 Å². The Kier molecular flexibility index (Phi) is 3.66. The quantitative estimate of drug-likeness (QED) is 0.841. The number of nitrogens with one attached hydrogen (secondary N) is 1. The van der Waals surface area contributed by atoms with Crippen molar-refractivity contribution in [2.45, 2.75) is 6.54 Å². The van der Waals surface area contributed by atoms with E-state index in [4.69, 9.17) is 9.47 Å². The van der Waals surface area contributed by atoms with E-state index >= 15 is 0 Å². The smallest absolute Gasteiger partial charge is 0.231 e. The zero-order chi connectivity index (χ0) is 13.2. The molecule has 1 heterocycles. The lowest BCUT2D eigenvalue weighted by Crippen LogP contribution is -2.00. The summed E-state index contributed by atoms with van der Waals surface area (Å²) in [6.45, 7) is 1.02. The van der Waals surface area contributed by atoms with Crippen LogP contribution in [0.1, 0.15) is 5.56 Å². The fourth-order valence-electron chi connectivity index (χ4n) is 1.86. The highest BCUT2D eigenvalue weighted by atomic mass is 79.9. The highest BCUT2D eigenvalue weighted by molar-refractivity contribution is 9.10. The maximum atomic E-state index is 5.38. The number of ether oxygens (including phenoxy) is 2. The van der Waals surface area contributed by atoms with Crippen LogP contribution in [0.5, 0.6) is 11.5 Å². The van der Waals surface area contributed by atoms with Crippen molar-refractivity contribution >= 4 is 37.5 Å². The van der Waals surface area contributed by atoms with E-state index < -0.39 is 0 Å². The molecule has 98 valence electrons. The highest BCUT2D eigenvalue weighted by Gasteiger charge is 2.15. The molecular weight excluding hydrogens is 374 g/mol. The number of hydrogen-bond donors (Lipinski definition) is 1. The number of anilines is 1. The summed E-state index contributed by atoms with van der Waals surface area (Å²) in [5.41, 5.74) is 2.21. The largest absolute Gasteiger partial charge is 0.454 e. The van der Waals surface area contributed by atoms with E-state index in [0.717, 1.165) is 38.2 Å². The van der Waals surface area contributed by atoms with Crippen molar-refractivity contribution in [2.24, 2.45) is 0 Å². The van der Waals surface area contributed by atoms with Crippen molar-refractivity contribution in [1.29, 1.82) is 0 Å². The summed E-state index contributed by atoms with van der Waals surface area (Å²) in [6, 6.07) is 12.0. The van der Waals surface area contributed by atoms with E-state index in [0.29, 0.717) is 6.79 Å². The number of rotatable bonds is 3. The van der Waals surface area contributed by atoms with E-state index in [1.807, 2.05) is 36.4 Å². The molecule has 0 atom stereocenters. The Morgan fingerprint density at radius 2 is 1.68 bits per heavy atom. The molecule has 1 aliphatic rings. The third-order valence-electron chi connectivity index (χ3n) is 2.87. The van der Waals surface area contributed by atoms with Gasteiger partial charge in [-0.05, 0) is 42.0 Å². The molecule has 1 aliphatic heterocycles. The van der Waals surface area contributed by atoms with Crippen LogP contribution in [0.25, 0.3) is 0 Å². The number of benzene rings is 2. The lowest BCUT2D eigenvalue weighted by atomic mass is 10.2. The lowest BCUT2D eigenvalue weighted by molar-refractivity contribution is 0.174. The van der Waals surface area contributed by atoms with Gasteiger partial charge >= 0.3 is 0 Å². The number of fused-ring (bicyclic) bond motifs is 1. The summed E-state index contributed by atoms with van der Waals surface area (Å²) in [5, 5.41) is 3.37. The van der Waals surface area contributed by atoms with Crippen LogP contribution in [0.2, 0.25) is 0 Å². The highest BCUT2D eigenvalue weighted by Crippen LogP contribution is 2.37. The van der Waals surface area contributed by atoms with Gasteiger partial charge in [-0.25, -0.2) is 0 Å². The molecule has 0 saturated carbocycles. The fraction of sp³-hybridized carbons (Fsp3) is 0.143. The summed E-state index contributed by atoms with van der Waals surface area (Å²) in [4.78, 5) is 0. The van der Waals surface area contributed by atoms with Crippen LogP contribution in [-0.4, -0.2) is 6.79 Å². The van der Waals surface area contributed by atoms with Crippen molar-refractivity contribution < 1.29 is 9.47 Å². The molecule has 3 nitrogen and oxygen atoms in total. The van der Waals surface area contributed by atoms with Crippen LogP contribution in [0.15, 0.2) is 45.3 Å². The van der Waals surface area contributed by atoms with Crippen LogP contribution in [0.4, 0.5) is 5.69 Å². The van der Waals surface area contributed by atoms with Gasteiger partial charge < -0.3 is 14.8 Å². The van der Waals surface area contributed by atoms with E-state index in [9.17, 15) is 0 Å². The molecule has 0 saturated heterocycles. The molecule has 0 fully saturated rings. The molecule has 1 N–H and O–H groups in total. The Morgan fingerprint density at radius 3 is 2.42 bits per heavy atom. The predicted molar refractivity (Wildman–Crippen MR) is 81.7 cm³/mol. The maximum absolute atomic E-state index is 5.38. The average Bonchev–Trinajstić information content (AvgIpc) is 2.85. The Balaban J connectivity index is 1.75. The molecule has 0 spiro atoms. The van der Waals surface area contributed by atoms with Gasteiger partial charge in [0.2, 0.25) is 6.79 Å². The normalized spacial score (nSPS) is 12.5. The predicted octanol–water partition coefficient (Wildman–Crippen LogP) is 4.55. The fourth-order valence-corrected chi connectivity index (χ4v) is 2.59. The number of halogens is 2. The summed E-state index contributed by atoms with van der Waals surface area (Å²) in [6.07, 6.45) is 0. The summed E-state index contributed by atoms with van der Waals surface area (Å²) in [5.74, 6) is 1.59. The lowest BCUT2D eigenvalue weighted by Gasteiger charge is -2.09. The Morgan fingerprint density at radius 1 is 1.00 bits per heavy atom. The third kappa shape index (κ3) is 2.87. The molecule has 0 aromatic heterocycles. The van der Waals surface area contributed by atoms with Crippen molar-refractivity contribution in [2.75, 3.05) is 12.1 Å². The minimum Gasteiger partial charge on any atom is -0.454 e. The summed E-state index contributed by atoms with van der Waals surface area (Å²) in [7, 11) is 0. The third-order valence-corrected chi connectivity index (χ3v) is 4.14. The SMILES string of the molecule is Brc1ccc(NCc2cc3c(cc2Br)OCO3)cc1. The van der Waals surface area contributed by atoms with Gasteiger partial charge in [0.25, 0.3) is 0 Å². The van der Waals surface area contributed by atoms with E-state index in [-0.39, 0.29) is 0 Å². The van der Waals surface area contributed by atoms with Crippen LogP contribution >= 0.6 is 31.9 Å². The second-order valence-electron chi connectivity index (χ2n) is 4.16. The molecule has 2 aromatic rings. The summed E-state index contributed by atoms with van der Waals surface area (Å²) >= 11 is 6.97. The second kappa shape index (κ2) is 5.43. The van der Waals surface area contributed by atoms with Gasteiger partial charge in [0.15, 0.2) is 11.5 Å². The molecule has 0 unspecified atom stereocenters. The van der Waals surface area contributed by atoms with Crippen molar-refractivity contribution in [3.63, 3.8) is 0 Å². The summed E-state index contributed by atoms with van der Waals surface area (Å²) < 4.78 is 12.8. The second-order valence-corrected chi connectivity index (χ2v) is 5.93. The minimum absolute atomic E-state index is 0.297. The van der Waals surface area contributed by atoms with Gasteiger partial charge in [-0.2, -0.15) is 0 Å². The first-order chi connectivity index (χ1) is 9.22. The zero-order valence-corrected chi connectivity index (χ0v) is 13.1. The van der Waals surface area contributed by atoms with Gasteiger partial charge in [0.05, 0.1) is 0 Å². The topological polar surface area (TPSA) is 30.5 Å². The van der Waals surface area contributed by atoms with Gasteiger partial charge in [0, 0.05) is 21.2 Å². The molecule has 19 heavy (non-hydrogen) atoms. The molecule has 2 aromatic carbocycles. The molecular formula is C14H11Br2NO2. The minimum atomic E-state index is 0.297. The molecule has 0 amide bonds. The number of hydrogen-bond acceptors (Lipinski definition) is 3. The molecule has 3 rings (SSSR count). The Bertz CT molecular complexity index is 599. The first-order valence-corrected chi connectivity index (χ1v) is 7.38. The van der Waals surface area contributed by atoms with Gasteiger partial charge in [-0.3, -0.25) is 0 Å². The molecule has 0 bridgehead atoms. The Hall–Kier alpha value is -1.20. The first-order valence-electron chi connectivity index (χ1n) is 5.80. The van der Waals surface area contributed by atoms with Gasteiger partial charge in [-0.15, -0.1) is 0 Å². The van der Waals surface area contributed by atoms with Crippen LogP contribution < -0.4 is 14.8 Å². The van der Waals surface area contributed by atoms with Gasteiger partial charge in [-0.1, -0.05) is 31.9 Å². The first kappa shape index (κ1) is 12.8. The van der Waals surface area contributed by atoms with E-state index in [1.54, 1.807) is 0 Å². The maximum Gasteiger partial charge on any atom is 0.231 e. The molecule has 0 aliphatic carbocycles. The van der Waals surface area contributed by atoms with Crippen LogP contribution in [0, 0.1) is 0 Å².